The van der Waals surface area contributed by atoms with E-state index in [2.05, 4.69) is 59.5 Å². The average Bonchev–Trinajstić information content (AvgIpc) is 3.31. The lowest BCUT2D eigenvalue weighted by Crippen LogP contribution is -2.29. The van der Waals surface area contributed by atoms with Gasteiger partial charge in [-0.25, -0.2) is 4.98 Å². The molecule has 4 heterocycles. The third-order valence-electron chi connectivity index (χ3n) is 6.69. The standard InChI is InChI=1S/C24H30N6/c1-14(2)20-21(17-13-30(4)24-22(17)26-11-12-27-24)29-19-10-9-18(28-23(19)20)15-5-7-16(25-3)8-6-15/h9-16,25,29H,5-8H2,1-4H3. The monoisotopic (exact) mass is 402 g/mol. The molecule has 1 aliphatic rings. The molecule has 6 heteroatoms. The van der Waals surface area contributed by atoms with E-state index >= 15 is 0 Å². The maximum Gasteiger partial charge on any atom is 0.159 e. The minimum absolute atomic E-state index is 0.350. The maximum atomic E-state index is 5.21. The molecule has 0 amide bonds. The Kier molecular flexibility index (Phi) is 4.82. The van der Waals surface area contributed by atoms with E-state index in [-0.39, 0.29) is 0 Å². The zero-order chi connectivity index (χ0) is 20.8. The Balaban J connectivity index is 1.62. The van der Waals surface area contributed by atoms with Crippen molar-refractivity contribution in [2.24, 2.45) is 7.05 Å². The number of H-pyrrole nitrogens is 1. The van der Waals surface area contributed by atoms with E-state index in [0.29, 0.717) is 17.9 Å². The van der Waals surface area contributed by atoms with E-state index in [1.165, 1.54) is 36.9 Å². The van der Waals surface area contributed by atoms with Crippen molar-refractivity contribution < 1.29 is 0 Å². The number of fused-ring (bicyclic) bond motifs is 2. The second kappa shape index (κ2) is 7.51. The summed E-state index contributed by atoms with van der Waals surface area (Å²) in [6.45, 7) is 4.49. The quantitative estimate of drug-likeness (QED) is 0.510. The topological polar surface area (TPSA) is 71.4 Å². The molecular formula is C24H30N6. The Bertz CT molecular complexity index is 1190. The lowest BCUT2D eigenvalue weighted by molar-refractivity contribution is 0.355. The van der Waals surface area contributed by atoms with E-state index in [9.17, 15) is 0 Å². The lowest BCUT2D eigenvalue weighted by Gasteiger charge is -2.27. The molecule has 0 atom stereocenters. The maximum absolute atomic E-state index is 5.21. The minimum atomic E-state index is 0.350. The molecule has 5 rings (SSSR count). The van der Waals surface area contributed by atoms with Crippen molar-refractivity contribution >= 4 is 22.2 Å². The zero-order valence-electron chi connectivity index (χ0n) is 18.2. The molecule has 0 unspecified atom stereocenters. The minimum Gasteiger partial charge on any atom is -0.353 e. The van der Waals surface area contributed by atoms with Crippen molar-refractivity contribution in [1.82, 2.24) is 29.8 Å². The summed E-state index contributed by atoms with van der Waals surface area (Å²) in [5.74, 6) is 0.907. The number of hydrogen-bond donors (Lipinski definition) is 2. The van der Waals surface area contributed by atoms with Crippen molar-refractivity contribution in [3.63, 3.8) is 0 Å². The number of aromatic nitrogens is 5. The summed E-state index contributed by atoms with van der Waals surface area (Å²) in [5, 5.41) is 3.43. The van der Waals surface area contributed by atoms with Gasteiger partial charge in [-0.05, 0) is 50.8 Å². The average molecular weight is 403 g/mol. The fourth-order valence-corrected chi connectivity index (χ4v) is 5.06. The third kappa shape index (κ3) is 3.10. The highest BCUT2D eigenvalue weighted by atomic mass is 15.0. The van der Waals surface area contributed by atoms with Crippen LogP contribution in [-0.2, 0) is 7.05 Å². The van der Waals surface area contributed by atoms with Crippen molar-refractivity contribution in [2.75, 3.05) is 7.05 Å². The molecule has 1 aliphatic carbocycles. The molecule has 0 radical (unpaired) electrons. The van der Waals surface area contributed by atoms with Crippen LogP contribution < -0.4 is 5.32 Å². The van der Waals surface area contributed by atoms with E-state index in [4.69, 9.17) is 4.98 Å². The molecule has 0 aromatic carbocycles. The molecule has 1 fully saturated rings. The number of aromatic amines is 1. The summed E-state index contributed by atoms with van der Waals surface area (Å²) >= 11 is 0. The molecule has 2 N–H and O–H groups in total. The number of nitrogens with one attached hydrogen (secondary N) is 2. The molecule has 0 aliphatic heterocycles. The van der Waals surface area contributed by atoms with Gasteiger partial charge in [0.1, 0.15) is 5.52 Å². The van der Waals surface area contributed by atoms with Crippen LogP contribution in [0.3, 0.4) is 0 Å². The molecular weight excluding hydrogens is 372 g/mol. The summed E-state index contributed by atoms with van der Waals surface area (Å²) in [5.41, 5.74) is 8.76. The van der Waals surface area contributed by atoms with Crippen LogP contribution in [0.15, 0.2) is 30.7 Å². The second-order valence-corrected chi connectivity index (χ2v) is 8.92. The first-order chi connectivity index (χ1) is 14.6. The molecule has 4 aromatic rings. The highest BCUT2D eigenvalue weighted by Gasteiger charge is 2.25. The lowest BCUT2D eigenvalue weighted by atomic mass is 9.84. The Morgan fingerprint density at radius 2 is 1.83 bits per heavy atom. The predicted octanol–water partition coefficient (Wildman–Crippen LogP) is 4.88. The number of hydrogen-bond acceptors (Lipinski definition) is 4. The molecule has 6 nitrogen and oxygen atoms in total. The highest BCUT2D eigenvalue weighted by Crippen LogP contribution is 2.39. The third-order valence-corrected chi connectivity index (χ3v) is 6.69. The van der Waals surface area contributed by atoms with Gasteiger partial charge >= 0.3 is 0 Å². The Morgan fingerprint density at radius 1 is 1.07 bits per heavy atom. The van der Waals surface area contributed by atoms with Gasteiger partial charge in [-0.15, -0.1) is 0 Å². The largest absolute Gasteiger partial charge is 0.353 e. The SMILES string of the molecule is CNC1CCC(c2ccc3[nH]c(-c4cn(C)c5nccnc45)c(C(C)C)c3n2)CC1. The van der Waals surface area contributed by atoms with Gasteiger partial charge in [0.15, 0.2) is 5.65 Å². The molecule has 156 valence electrons. The van der Waals surface area contributed by atoms with Crippen LogP contribution in [0.2, 0.25) is 0 Å². The Hall–Kier alpha value is -2.73. The van der Waals surface area contributed by atoms with Gasteiger partial charge in [0.2, 0.25) is 0 Å². The number of pyridine rings is 1. The normalized spacial score (nSPS) is 19.9. The molecule has 0 bridgehead atoms. The zero-order valence-corrected chi connectivity index (χ0v) is 18.2. The fourth-order valence-electron chi connectivity index (χ4n) is 5.06. The predicted molar refractivity (Wildman–Crippen MR) is 122 cm³/mol. The van der Waals surface area contributed by atoms with Crippen molar-refractivity contribution in [1.29, 1.82) is 0 Å². The highest BCUT2D eigenvalue weighted by molar-refractivity contribution is 5.96. The number of aryl methyl sites for hydroxylation is 1. The molecule has 0 spiro atoms. The summed E-state index contributed by atoms with van der Waals surface area (Å²) < 4.78 is 2.05. The van der Waals surface area contributed by atoms with E-state index in [1.807, 2.05) is 11.6 Å². The molecule has 0 saturated heterocycles. The van der Waals surface area contributed by atoms with Gasteiger partial charge in [0.25, 0.3) is 0 Å². The smallest absolute Gasteiger partial charge is 0.159 e. The van der Waals surface area contributed by atoms with Crippen LogP contribution in [0.4, 0.5) is 0 Å². The van der Waals surface area contributed by atoms with Crippen LogP contribution in [0.1, 0.15) is 62.6 Å². The van der Waals surface area contributed by atoms with E-state index < -0.39 is 0 Å². The number of nitrogens with zero attached hydrogens (tertiary/aromatic N) is 4. The summed E-state index contributed by atoms with van der Waals surface area (Å²) in [6.07, 6.45) is 10.5. The molecule has 4 aromatic heterocycles. The van der Waals surface area contributed by atoms with Crippen molar-refractivity contribution in [2.45, 2.75) is 57.4 Å². The van der Waals surface area contributed by atoms with E-state index in [1.54, 1.807) is 12.4 Å². The van der Waals surface area contributed by atoms with Gasteiger partial charge in [-0.2, -0.15) is 0 Å². The first kappa shape index (κ1) is 19.2. The summed E-state index contributed by atoms with van der Waals surface area (Å²) in [4.78, 5) is 18.0. The van der Waals surface area contributed by atoms with Crippen LogP contribution in [-0.4, -0.2) is 37.6 Å². The van der Waals surface area contributed by atoms with E-state index in [0.717, 1.165) is 33.5 Å². The van der Waals surface area contributed by atoms with Crippen LogP contribution in [0.25, 0.3) is 33.5 Å². The van der Waals surface area contributed by atoms with Gasteiger partial charge < -0.3 is 14.9 Å². The van der Waals surface area contributed by atoms with Crippen LogP contribution >= 0.6 is 0 Å². The fraction of sp³-hybridized carbons (Fsp3) is 0.458. The summed E-state index contributed by atoms with van der Waals surface area (Å²) in [7, 11) is 4.10. The van der Waals surface area contributed by atoms with Gasteiger partial charge in [0, 0.05) is 54.4 Å². The van der Waals surface area contributed by atoms with Crippen molar-refractivity contribution in [3.8, 4) is 11.3 Å². The van der Waals surface area contributed by atoms with Gasteiger partial charge in [0.05, 0.1) is 16.7 Å². The molecule has 30 heavy (non-hydrogen) atoms. The van der Waals surface area contributed by atoms with Crippen LogP contribution in [0, 0.1) is 0 Å². The van der Waals surface area contributed by atoms with Crippen molar-refractivity contribution in [3.05, 3.63) is 42.0 Å². The van der Waals surface area contributed by atoms with Crippen LogP contribution in [0.5, 0.6) is 0 Å². The van der Waals surface area contributed by atoms with Gasteiger partial charge in [-0.3, -0.25) is 9.97 Å². The first-order valence-corrected chi connectivity index (χ1v) is 11.0. The second-order valence-electron chi connectivity index (χ2n) is 8.92. The first-order valence-electron chi connectivity index (χ1n) is 11.0. The summed E-state index contributed by atoms with van der Waals surface area (Å²) in [6, 6.07) is 5.09. The molecule has 1 saturated carbocycles. The number of rotatable bonds is 4. The van der Waals surface area contributed by atoms with Gasteiger partial charge in [-0.1, -0.05) is 13.8 Å². The Labute approximate surface area is 177 Å². The Morgan fingerprint density at radius 3 is 2.57 bits per heavy atom.